The molecule has 0 spiro atoms. The van der Waals surface area contributed by atoms with Gasteiger partial charge in [-0.1, -0.05) is 78.9 Å². The minimum absolute atomic E-state index is 0.172. The van der Waals surface area contributed by atoms with Crippen LogP contribution in [0.4, 0.5) is 0 Å². The summed E-state index contributed by atoms with van der Waals surface area (Å²) in [6.07, 6.45) is -0.172. The molecule has 3 nitrogen and oxygen atoms in total. The summed E-state index contributed by atoms with van der Waals surface area (Å²) >= 11 is 0. The number of quaternary nitrogens is 1. The number of aryl methyl sites for hydroxylation is 1. The summed E-state index contributed by atoms with van der Waals surface area (Å²) in [6, 6.07) is 28.5. The van der Waals surface area contributed by atoms with Crippen molar-refractivity contribution in [3.8, 4) is 0 Å². The first-order valence-corrected chi connectivity index (χ1v) is 9.80. The quantitative estimate of drug-likeness (QED) is 0.608. The van der Waals surface area contributed by atoms with Gasteiger partial charge < -0.3 is 9.64 Å². The molecule has 0 saturated carbocycles. The number of benzene rings is 3. The van der Waals surface area contributed by atoms with E-state index in [1.54, 1.807) is 0 Å². The summed E-state index contributed by atoms with van der Waals surface area (Å²) in [7, 11) is 0. The number of rotatable bonds is 8. The van der Waals surface area contributed by atoms with Crippen LogP contribution in [0.5, 0.6) is 0 Å². The van der Waals surface area contributed by atoms with E-state index in [0.29, 0.717) is 5.56 Å². The van der Waals surface area contributed by atoms with Crippen molar-refractivity contribution < 1.29 is 14.4 Å². The van der Waals surface area contributed by atoms with Gasteiger partial charge in [0, 0.05) is 11.1 Å². The number of esters is 1. The lowest BCUT2D eigenvalue weighted by atomic mass is 10.1. The van der Waals surface area contributed by atoms with Gasteiger partial charge in [0.05, 0.1) is 5.56 Å². The smallest absolute Gasteiger partial charge is 0.338 e. The Morgan fingerprint density at radius 2 is 1.32 bits per heavy atom. The lowest BCUT2D eigenvalue weighted by Crippen LogP contribution is -3.10. The molecule has 3 aromatic carbocycles. The van der Waals surface area contributed by atoms with E-state index in [0.717, 1.165) is 25.2 Å². The summed E-state index contributed by atoms with van der Waals surface area (Å²) in [5, 5.41) is 0. The van der Waals surface area contributed by atoms with Crippen molar-refractivity contribution in [2.75, 3.05) is 6.54 Å². The molecule has 0 unspecified atom stereocenters. The van der Waals surface area contributed by atoms with Crippen LogP contribution in [-0.4, -0.2) is 18.6 Å². The first kappa shape index (κ1) is 19.8. The minimum atomic E-state index is -0.246. The molecule has 0 amide bonds. The van der Waals surface area contributed by atoms with Gasteiger partial charge in [0.25, 0.3) is 0 Å². The van der Waals surface area contributed by atoms with Crippen LogP contribution < -0.4 is 4.90 Å². The third-order valence-corrected chi connectivity index (χ3v) is 4.84. The highest BCUT2D eigenvalue weighted by atomic mass is 16.5. The second-order valence-corrected chi connectivity index (χ2v) is 7.31. The molecule has 1 atom stereocenters. The van der Waals surface area contributed by atoms with Gasteiger partial charge in [0.1, 0.15) is 25.7 Å². The summed E-state index contributed by atoms with van der Waals surface area (Å²) < 4.78 is 5.76. The van der Waals surface area contributed by atoms with E-state index < -0.39 is 0 Å². The van der Waals surface area contributed by atoms with Crippen molar-refractivity contribution in [2.24, 2.45) is 0 Å². The van der Waals surface area contributed by atoms with Gasteiger partial charge in [-0.25, -0.2) is 4.79 Å². The lowest BCUT2D eigenvalue weighted by Gasteiger charge is -2.23. The van der Waals surface area contributed by atoms with Crippen molar-refractivity contribution in [1.82, 2.24) is 0 Å². The zero-order valence-corrected chi connectivity index (χ0v) is 16.6. The van der Waals surface area contributed by atoms with Crippen LogP contribution in [0.25, 0.3) is 0 Å². The molecule has 0 aliphatic carbocycles. The minimum Gasteiger partial charge on any atom is -0.453 e. The Morgan fingerprint density at radius 3 is 1.86 bits per heavy atom. The van der Waals surface area contributed by atoms with Gasteiger partial charge in [0.2, 0.25) is 0 Å². The number of nitrogens with one attached hydrogen (secondary N) is 1. The average Bonchev–Trinajstić information content (AvgIpc) is 2.69. The molecule has 144 valence electrons. The molecule has 0 aliphatic heterocycles. The number of hydrogen-bond donors (Lipinski definition) is 1. The van der Waals surface area contributed by atoms with Crippen molar-refractivity contribution in [3.05, 3.63) is 107 Å². The molecule has 1 N–H and O–H groups in total. The second-order valence-electron chi connectivity index (χ2n) is 7.31. The SMILES string of the molecule is Cc1ccccc1C(=O)O[C@@H](C)C[NH+](Cc1ccccc1)Cc1ccccc1. The maximum absolute atomic E-state index is 12.5. The van der Waals surface area contributed by atoms with Gasteiger partial charge in [0.15, 0.2) is 0 Å². The topological polar surface area (TPSA) is 30.7 Å². The fourth-order valence-electron chi connectivity index (χ4n) is 3.47. The normalized spacial score (nSPS) is 12.0. The molecule has 0 aromatic heterocycles. The number of carbonyl (C=O) groups is 1. The Hall–Kier alpha value is -2.91. The summed E-state index contributed by atoms with van der Waals surface area (Å²) in [5.74, 6) is -0.246. The third kappa shape index (κ3) is 5.80. The zero-order chi connectivity index (χ0) is 19.8. The lowest BCUT2D eigenvalue weighted by molar-refractivity contribution is -0.930. The van der Waals surface area contributed by atoms with Gasteiger partial charge in [-0.2, -0.15) is 0 Å². The standard InChI is InChI=1S/C25H27NO2/c1-20-11-9-10-16-24(20)25(27)28-21(2)17-26(18-22-12-5-3-6-13-22)19-23-14-7-4-8-15-23/h3-16,21H,17-19H2,1-2H3/p+1/t21-/m0/s1. The molecular weight excluding hydrogens is 346 g/mol. The maximum Gasteiger partial charge on any atom is 0.338 e. The van der Waals surface area contributed by atoms with E-state index in [-0.39, 0.29) is 12.1 Å². The van der Waals surface area contributed by atoms with E-state index in [1.807, 2.05) is 50.2 Å². The molecule has 3 rings (SSSR count). The molecule has 0 saturated heterocycles. The van der Waals surface area contributed by atoms with Crippen LogP contribution in [0, 0.1) is 6.92 Å². The molecule has 0 heterocycles. The van der Waals surface area contributed by atoms with Crippen molar-refractivity contribution in [1.29, 1.82) is 0 Å². The fourth-order valence-corrected chi connectivity index (χ4v) is 3.47. The highest BCUT2D eigenvalue weighted by Crippen LogP contribution is 2.09. The van der Waals surface area contributed by atoms with E-state index in [1.165, 1.54) is 16.0 Å². The van der Waals surface area contributed by atoms with Gasteiger partial charge in [-0.15, -0.1) is 0 Å². The number of hydrogen-bond acceptors (Lipinski definition) is 2. The van der Waals surface area contributed by atoms with Crippen LogP contribution in [0.15, 0.2) is 84.9 Å². The van der Waals surface area contributed by atoms with Crippen LogP contribution in [0.3, 0.4) is 0 Å². The zero-order valence-electron chi connectivity index (χ0n) is 16.6. The molecule has 0 aliphatic rings. The monoisotopic (exact) mass is 374 g/mol. The van der Waals surface area contributed by atoms with E-state index in [9.17, 15) is 4.79 Å². The predicted octanol–water partition coefficient (Wildman–Crippen LogP) is 3.83. The van der Waals surface area contributed by atoms with Gasteiger partial charge >= 0.3 is 5.97 Å². The first-order chi connectivity index (χ1) is 13.6. The Labute approximate surface area is 167 Å². The summed E-state index contributed by atoms with van der Waals surface area (Å²) in [4.78, 5) is 13.9. The average molecular weight is 375 g/mol. The summed E-state index contributed by atoms with van der Waals surface area (Å²) in [5.41, 5.74) is 4.15. The van der Waals surface area contributed by atoms with Crippen molar-refractivity contribution >= 4 is 5.97 Å². The highest BCUT2D eigenvalue weighted by Gasteiger charge is 2.20. The third-order valence-electron chi connectivity index (χ3n) is 4.84. The largest absolute Gasteiger partial charge is 0.453 e. The van der Waals surface area contributed by atoms with Crippen molar-refractivity contribution in [3.63, 3.8) is 0 Å². The Balaban J connectivity index is 1.67. The number of carbonyl (C=O) groups excluding carboxylic acids is 1. The predicted molar refractivity (Wildman–Crippen MR) is 112 cm³/mol. The molecule has 0 fully saturated rings. The Kier molecular flexibility index (Phi) is 6.99. The molecule has 28 heavy (non-hydrogen) atoms. The van der Waals surface area contributed by atoms with Crippen LogP contribution in [0.2, 0.25) is 0 Å². The van der Waals surface area contributed by atoms with Gasteiger partial charge in [-0.3, -0.25) is 0 Å². The molecule has 3 heteroatoms. The summed E-state index contributed by atoms with van der Waals surface area (Å²) in [6.45, 7) is 6.45. The molecule has 3 aromatic rings. The molecule has 0 bridgehead atoms. The molecule has 0 radical (unpaired) electrons. The van der Waals surface area contributed by atoms with Gasteiger partial charge in [-0.05, 0) is 25.5 Å². The van der Waals surface area contributed by atoms with E-state index >= 15 is 0 Å². The van der Waals surface area contributed by atoms with Crippen LogP contribution in [-0.2, 0) is 17.8 Å². The van der Waals surface area contributed by atoms with E-state index in [4.69, 9.17) is 4.74 Å². The van der Waals surface area contributed by atoms with Crippen molar-refractivity contribution in [2.45, 2.75) is 33.0 Å². The maximum atomic E-state index is 12.5. The second kappa shape index (κ2) is 9.86. The Morgan fingerprint density at radius 1 is 0.821 bits per heavy atom. The first-order valence-electron chi connectivity index (χ1n) is 9.80. The number of ether oxygens (including phenoxy) is 1. The highest BCUT2D eigenvalue weighted by molar-refractivity contribution is 5.91. The fraction of sp³-hybridized carbons (Fsp3) is 0.240. The van der Waals surface area contributed by atoms with E-state index in [2.05, 4.69) is 48.5 Å². The van der Waals surface area contributed by atoms with Crippen LogP contribution >= 0.6 is 0 Å². The molecular formula is C25H28NO2+. The van der Waals surface area contributed by atoms with Crippen LogP contribution in [0.1, 0.15) is 34.0 Å². The Bertz CT molecular complexity index is 836.